The molecule has 0 aromatic heterocycles. The monoisotopic (exact) mass is 215 g/mol. The molecule has 1 saturated carbocycles. The maximum atomic E-state index is 8.95. The SMILES string of the molecule is OCCC1(CNC2CCCSC2)CC1. The zero-order valence-electron chi connectivity index (χ0n) is 8.80. The number of aliphatic hydroxyl groups excluding tert-OH is 1. The lowest BCUT2D eigenvalue weighted by atomic mass is 10.0. The summed E-state index contributed by atoms with van der Waals surface area (Å²) >= 11 is 2.08. The molecule has 0 amide bonds. The Morgan fingerprint density at radius 2 is 2.29 bits per heavy atom. The third kappa shape index (κ3) is 2.88. The van der Waals surface area contributed by atoms with Gasteiger partial charge in [-0.3, -0.25) is 0 Å². The van der Waals surface area contributed by atoms with Gasteiger partial charge in [-0.25, -0.2) is 0 Å². The van der Waals surface area contributed by atoms with Crippen LogP contribution in [0.15, 0.2) is 0 Å². The van der Waals surface area contributed by atoms with Gasteiger partial charge in [-0.1, -0.05) is 0 Å². The van der Waals surface area contributed by atoms with Crippen molar-refractivity contribution in [3.63, 3.8) is 0 Å². The van der Waals surface area contributed by atoms with Crippen molar-refractivity contribution in [3.05, 3.63) is 0 Å². The average Bonchev–Trinajstić information content (AvgIpc) is 2.98. The first-order valence-corrected chi connectivity index (χ1v) is 6.92. The van der Waals surface area contributed by atoms with E-state index in [0.29, 0.717) is 12.0 Å². The average molecular weight is 215 g/mol. The first kappa shape index (κ1) is 10.8. The fourth-order valence-corrected chi connectivity index (χ4v) is 3.30. The molecule has 0 aromatic carbocycles. The van der Waals surface area contributed by atoms with Crippen molar-refractivity contribution >= 4 is 11.8 Å². The fraction of sp³-hybridized carbons (Fsp3) is 1.00. The Bertz CT molecular complexity index is 176. The van der Waals surface area contributed by atoms with Gasteiger partial charge >= 0.3 is 0 Å². The predicted octanol–water partition coefficient (Wildman–Crippen LogP) is 1.63. The molecule has 1 saturated heterocycles. The number of aliphatic hydroxyl groups is 1. The maximum Gasteiger partial charge on any atom is 0.0436 e. The second kappa shape index (κ2) is 4.86. The van der Waals surface area contributed by atoms with Crippen LogP contribution in [-0.2, 0) is 0 Å². The van der Waals surface area contributed by atoms with Crippen LogP contribution in [0.5, 0.6) is 0 Å². The molecule has 2 fully saturated rings. The Morgan fingerprint density at radius 3 is 2.86 bits per heavy atom. The van der Waals surface area contributed by atoms with Crippen LogP contribution < -0.4 is 5.32 Å². The van der Waals surface area contributed by atoms with Crippen molar-refractivity contribution in [2.24, 2.45) is 5.41 Å². The summed E-state index contributed by atoms with van der Waals surface area (Å²) in [6.45, 7) is 1.50. The topological polar surface area (TPSA) is 32.3 Å². The normalized spacial score (nSPS) is 30.2. The summed E-state index contributed by atoms with van der Waals surface area (Å²) in [4.78, 5) is 0. The van der Waals surface area contributed by atoms with Crippen LogP contribution in [0.3, 0.4) is 0 Å². The second-order valence-electron chi connectivity index (χ2n) is 4.77. The van der Waals surface area contributed by atoms with E-state index in [0.717, 1.165) is 19.0 Å². The molecule has 1 unspecified atom stereocenters. The molecule has 1 aliphatic heterocycles. The Hall–Kier alpha value is 0.270. The van der Waals surface area contributed by atoms with Gasteiger partial charge in [0.15, 0.2) is 0 Å². The van der Waals surface area contributed by atoms with Gasteiger partial charge in [-0.05, 0) is 43.3 Å². The van der Waals surface area contributed by atoms with Crippen molar-refractivity contribution in [1.29, 1.82) is 0 Å². The second-order valence-corrected chi connectivity index (χ2v) is 5.92. The number of rotatable bonds is 5. The maximum absolute atomic E-state index is 8.95. The van der Waals surface area contributed by atoms with Crippen LogP contribution in [0, 0.1) is 5.41 Å². The molecule has 0 spiro atoms. The van der Waals surface area contributed by atoms with Crippen LogP contribution >= 0.6 is 11.8 Å². The molecule has 1 aliphatic carbocycles. The highest BCUT2D eigenvalue weighted by atomic mass is 32.2. The minimum Gasteiger partial charge on any atom is -0.396 e. The molecular weight excluding hydrogens is 194 g/mol. The van der Waals surface area contributed by atoms with Crippen LogP contribution in [-0.4, -0.2) is 35.8 Å². The summed E-state index contributed by atoms with van der Waals surface area (Å²) in [6.07, 6.45) is 6.36. The first-order chi connectivity index (χ1) is 6.85. The lowest BCUT2D eigenvalue weighted by molar-refractivity contribution is 0.242. The molecule has 2 rings (SSSR count). The van der Waals surface area contributed by atoms with Crippen LogP contribution in [0.2, 0.25) is 0 Å². The van der Waals surface area contributed by atoms with Gasteiger partial charge in [0.25, 0.3) is 0 Å². The smallest absolute Gasteiger partial charge is 0.0436 e. The highest BCUT2D eigenvalue weighted by Gasteiger charge is 2.41. The largest absolute Gasteiger partial charge is 0.396 e. The summed E-state index contributed by atoms with van der Waals surface area (Å²) in [5.41, 5.74) is 0.483. The first-order valence-electron chi connectivity index (χ1n) is 5.77. The number of hydrogen-bond donors (Lipinski definition) is 2. The van der Waals surface area contributed by atoms with E-state index in [-0.39, 0.29) is 0 Å². The summed E-state index contributed by atoms with van der Waals surface area (Å²) in [5.74, 6) is 2.63. The molecule has 0 radical (unpaired) electrons. The summed E-state index contributed by atoms with van der Waals surface area (Å²) in [6, 6.07) is 0.741. The molecule has 2 N–H and O–H groups in total. The van der Waals surface area contributed by atoms with E-state index in [4.69, 9.17) is 5.11 Å². The standard InChI is InChI=1S/C11H21NOS/c13-6-5-11(3-4-11)9-12-10-2-1-7-14-8-10/h10,12-13H,1-9H2. The van der Waals surface area contributed by atoms with Crippen LogP contribution in [0.4, 0.5) is 0 Å². The van der Waals surface area contributed by atoms with E-state index < -0.39 is 0 Å². The Balaban J connectivity index is 1.65. The minimum atomic E-state index is 0.362. The van der Waals surface area contributed by atoms with E-state index in [1.54, 1.807) is 0 Å². The fourth-order valence-electron chi connectivity index (χ4n) is 2.19. The zero-order chi connectivity index (χ0) is 9.86. The lowest BCUT2D eigenvalue weighted by Gasteiger charge is -2.25. The number of nitrogens with one attached hydrogen (secondary N) is 1. The van der Waals surface area contributed by atoms with Crippen molar-refractivity contribution in [2.45, 2.75) is 38.1 Å². The third-order valence-corrected chi connectivity index (χ3v) is 4.74. The molecule has 14 heavy (non-hydrogen) atoms. The van der Waals surface area contributed by atoms with Crippen molar-refractivity contribution < 1.29 is 5.11 Å². The molecule has 1 atom stereocenters. The highest BCUT2D eigenvalue weighted by Crippen LogP contribution is 2.48. The van der Waals surface area contributed by atoms with Crippen LogP contribution in [0.25, 0.3) is 0 Å². The van der Waals surface area contributed by atoms with E-state index in [1.165, 1.54) is 37.2 Å². The van der Waals surface area contributed by atoms with E-state index in [9.17, 15) is 0 Å². The Morgan fingerprint density at radius 1 is 1.43 bits per heavy atom. The van der Waals surface area contributed by atoms with Gasteiger partial charge in [0.2, 0.25) is 0 Å². The molecule has 0 bridgehead atoms. The molecule has 1 heterocycles. The van der Waals surface area contributed by atoms with Crippen LogP contribution in [0.1, 0.15) is 32.1 Å². The number of hydrogen-bond acceptors (Lipinski definition) is 3. The van der Waals surface area contributed by atoms with Gasteiger partial charge in [-0.2, -0.15) is 11.8 Å². The van der Waals surface area contributed by atoms with Gasteiger partial charge in [0, 0.05) is 24.9 Å². The highest BCUT2D eigenvalue weighted by molar-refractivity contribution is 7.99. The molecular formula is C11H21NOS. The number of thioether (sulfide) groups is 1. The van der Waals surface area contributed by atoms with E-state index in [2.05, 4.69) is 17.1 Å². The quantitative estimate of drug-likeness (QED) is 0.731. The van der Waals surface area contributed by atoms with Crippen molar-refractivity contribution in [3.8, 4) is 0 Å². The molecule has 2 nitrogen and oxygen atoms in total. The molecule has 2 aliphatic rings. The van der Waals surface area contributed by atoms with Gasteiger partial charge < -0.3 is 10.4 Å². The molecule has 0 aromatic rings. The Kier molecular flexibility index (Phi) is 3.74. The Labute approximate surface area is 90.8 Å². The van der Waals surface area contributed by atoms with Gasteiger partial charge in [-0.15, -0.1) is 0 Å². The van der Waals surface area contributed by atoms with Crippen molar-refractivity contribution in [1.82, 2.24) is 5.32 Å². The summed E-state index contributed by atoms with van der Waals surface area (Å²) in [5, 5.41) is 12.6. The van der Waals surface area contributed by atoms with Crippen molar-refractivity contribution in [2.75, 3.05) is 24.7 Å². The zero-order valence-corrected chi connectivity index (χ0v) is 9.61. The third-order valence-electron chi connectivity index (χ3n) is 3.53. The summed E-state index contributed by atoms with van der Waals surface area (Å²) < 4.78 is 0. The molecule has 82 valence electrons. The van der Waals surface area contributed by atoms with E-state index >= 15 is 0 Å². The lowest BCUT2D eigenvalue weighted by Crippen LogP contribution is -2.37. The molecule has 3 heteroatoms. The summed E-state index contributed by atoms with van der Waals surface area (Å²) in [7, 11) is 0. The predicted molar refractivity (Wildman–Crippen MR) is 61.7 cm³/mol. The van der Waals surface area contributed by atoms with E-state index in [1.807, 2.05) is 0 Å². The van der Waals surface area contributed by atoms with Gasteiger partial charge in [0.1, 0.15) is 0 Å². The van der Waals surface area contributed by atoms with Gasteiger partial charge in [0.05, 0.1) is 0 Å². The minimum absolute atomic E-state index is 0.362.